The highest BCUT2D eigenvalue weighted by Crippen LogP contribution is 2.38. The van der Waals surface area contributed by atoms with Gasteiger partial charge in [0.1, 0.15) is 18.2 Å². The van der Waals surface area contributed by atoms with Crippen molar-refractivity contribution >= 4 is 27.6 Å². The molecular formula is C26H19N2O+. The average molecular weight is 375 g/mol. The zero-order valence-electron chi connectivity index (χ0n) is 16.3. The van der Waals surface area contributed by atoms with Crippen LogP contribution in [0.2, 0.25) is 0 Å². The highest BCUT2D eigenvalue weighted by molar-refractivity contribution is 6.10. The maximum Gasteiger partial charge on any atom is 0.216 e. The number of aromatic nitrogens is 1. The van der Waals surface area contributed by atoms with E-state index in [2.05, 4.69) is 78.1 Å². The molecule has 0 radical (unpaired) electrons. The zero-order chi connectivity index (χ0) is 20.0. The maximum atomic E-state index is 7.32. The van der Waals surface area contributed by atoms with Gasteiger partial charge in [-0.25, -0.2) is 9.41 Å². The Morgan fingerprint density at radius 1 is 0.862 bits per heavy atom. The first kappa shape index (κ1) is 17.2. The molecule has 0 amide bonds. The van der Waals surface area contributed by atoms with Crippen molar-refractivity contribution in [1.29, 1.82) is 0 Å². The van der Waals surface area contributed by atoms with E-state index in [1.807, 2.05) is 18.2 Å². The quantitative estimate of drug-likeness (QED) is 0.251. The Morgan fingerprint density at radius 3 is 2.48 bits per heavy atom. The molecule has 0 atom stereocenters. The number of rotatable bonds is 2. The molecule has 0 saturated heterocycles. The molecule has 5 rings (SSSR count). The van der Waals surface area contributed by atoms with Crippen LogP contribution in [0, 0.1) is 13.5 Å². The third-order valence-electron chi connectivity index (χ3n) is 5.47. The van der Waals surface area contributed by atoms with Crippen LogP contribution in [-0.4, -0.2) is 0 Å². The Kier molecular flexibility index (Phi) is 3.93. The van der Waals surface area contributed by atoms with E-state index >= 15 is 0 Å². The third-order valence-corrected chi connectivity index (χ3v) is 5.47. The molecule has 0 saturated carbocycles. The largest absolute Gasteiger partial charge is 0.455 e. The van der Waals surface area contributed by atoms with Crippen LogP contribution in [0.1, 0.15) is 5.56 Å². The Hall–Kier alpha value is -3.90. The topological polar surface area (TPSA) is 21.4 Å². The molecule has 3 heteroatoms. The first-order valence-corrected chi connectivity index (χ1v) is 9.54. The number of pyridine rings is 1. The molecule has 2 aromatic heterocycles. The third kappa shape index (κ3) is 2.78. The van der Waals surface area contributed by atoms with E-state index in [9.17, 15) is 0 Å². The Bertz CT molecular complexity index is 1420. The molecule has 0 aliphatic rings. The van der Waals surface area contributed by atoms with Crippen molar-refractivity contribution in [3.8, 4) is 22.4 Å². The second-order valence-corrected chi connectivity index (χ2v) is 7.31. The van der Waals surface area contributed by atoms with Gasteiger partial charge in [-0.1, -0.05) is 48.5 Å². The summed E-state index contributed by atoms with van der Waals surface area (Å²) in [5.74, 6) is 0. The van der Waals surface area contributed by atoms with Crippen LogP contribution >= 0.6 is 0 Å². The number of aryl methyl sites for hydroxylation is 2. The Balaban J connectivity index is 1.81. The normalized spacial score (nSPS) is 11.1. The Labute approximate surface area is 169 Å². The maximum absolute atomic E-state index is 7.32. The molecule has 2 heterocycles. The van der Waals surface area contributed by atoms with Crippen molar-refractivity contribution in [2.45, 2.75) is 6.92 Å². The van der Waals surface area contributed by atoms with Crippen LogP contribution in [-0.2, 0) is 7.05 Å². The highest BCUT2D eigenvalue weighted by Gasteiger charge is 2.21. The molecule has 0 aliphatic heterocycles. The summed E-state index contributed by atoms with van der Waals surface area (Å²) >= 11 is 0. The van der Waals surface area contributed by atoms with E-state index in [-0.39, 0.29) is 0 Å². The Morgan fingerprint density at radius 2 is 1.69 bits per heavy atom. The van der Waals surface area contributed by atoms with Crippen molar-refractivity contribution in [3.63, 3.8) is 0 Å². The summed E-state index contributed by atoms with van der Waals surface area (Å²) in [5, 5.41) is 2.02. The van der Waals surface area contributed by atoms with Gasteiger partial charge in [0.15, 0.2) is 11.9 Å². The van der Waals surface area contributed by atoms with E-state index in [4.69, 9.17) is 11.0 Å². The molecule has 3 nitrogen and oxygen atoms in total. The van der Waals surface area contributed by atoms with Crippen LogP contribution < -0.4 is 4.57 Å². The molecule has 0 bridgehead atoms. The summed E-state index contributed by atoms with van der Waals surface area (Å²) in [5.41, 5.74) is 7.99. The van der Waals surface area contributed by atoms with Crippen molar-refractivity contribution in [1.82, 2.24) is 0 Å². The summed E-state index contributed by atoms with van der Waals surface area (Å²) < 4.78 is 8.43. The average Bonchev–Trinajstić information content (AvgIpc) is 3.12. The van der Waals surface area contributed by atoms with E-state index in [0.717, 1.165) is 38.8 Å². The van der Waals surface area contributed by atoms with Gasteiger partial charge in [-0.2, -0.15) is 0 Å². The molecule has 0 aliphatic carbocycles. The fraction of sp³-hybridized carbons (Fsp3) is 0.0769. The molecule has 5 aromatic rings. The molecule has 3 aromatic carbocycles. The van der Waals surface area contributed by atoms with Crippen molar-refractivity contribution in [3.05, 3.63) is 96.0 Å². The zero-order valence-corrected chi connectivity index (χ0v) is 16.3. The lowest BCUT2D eigenvalue weighted by Gasteiger charge is -2.08. The van der Waals surface area contributed by atoms with Gasteiger partial charge in [0, 0.05) is 22.9 Å². The SMILES string of the molecule is [C-]#[N+]c1ccc2oc3c(-c4cc(-c5ccccc5)cc[n+]4C)c(C)ccc3c2c1. The number of hydrogen-bond donors (Lipinski definition) is 0. The van der Waals surface area contributed by atoms with Crippen molar-refractivity contribution in [2.24, 2.45) is 7.05 Å². The first-order valence-electron chi connectivity index (χ1n) is 9.54. The molecule has 0 N–H and O–H groups in total. The van der Waals surface area contributed by atoms with E-state index < -0.39 is 0 Å². The van der Waals surface area contributed by atoms with Crippen LogP contribution in [0.3, 0.4) is 0 Å². The number of nitrogens with zero attached hydrogens (tertiary/aromatic N) is 2. The molecule has 0 unspecified atom stereocenters. The fourth-order valence-corrected chi connectivity index (χ4v) is 3.94. The summed E-state index contributed by atoms with van der Waals surface area (Å²) in [6.45, 7) is 9.43. The van der Waals surface area contributed by atoms with Gasteiger partial charge in [-0.05, 0) is 35.7 Å². The van der Waals surface area contributed by atoms with Gasteiger partial charge in [0.2, 0.25) is 5.69 Å². The lowest BCUT2D eigenvalue weighted by Crippen LogP contribution is -2.30. The second-order valence-electron chi connectivity index (χ2n) is 7.31. The van der Waals surface area contributed by atoms with Crippen LogP contribution in [0.4, 0.5) is 5.69 Å². The molecule has 0 spiro atoms. The number of furan rings is 1. The van der Waals surface area contributed by atoms with Gasteiger partial charge in [-0.15, -0.1) is 0 Å². The van der Waals surface area contributed by atoms with Crippen LogP contribution in [0.15, 0.2) is 83.4 Å². The van der Waals surface area contributed by atoms with Gasteiger partial charge in [-0.3, -0.25) is 0 Å². The lowest BCUT2D eigenvalue weighted by molar-refractivity contribution is -0.660. The summed E-state index contributed by atoms with van der Waals surface area (Å²) in [6, 6.07) is 24.6. The monoisotopic (exact) mass is 375 g/mol. The molecular weight excluding hydrogens is 356 g/mol. The van der Waals surface area contributed by atoms with E-state index in [1.54, 1.807) is 6.07 Å². The van der Waals surface area contributed by atoms with Gasteiger partial charge in [0.25, 0.3) is 0 Å². The number of fused-ring (bicyclic) bond motifs is 3. The van der Waals surface area contributed by atoms with Crippen molar-refractivity contribution < 1.29 is 8.98 Å². The molecule has 0 fully saturated rings. The van der Waals surface area contributed by atoms with Crippen LogP contribution in [0.5, 0.6) is 0 Å². The van der Waals surface area contributed by atoms with Gasteiger partial charge >= 0.3 is 0 Å². The standard InChI is InChI=1S/C26H19N2O/c1-17-9-11-21-22-16-20(27-2)10-12-24(22)29-26(21)25(17)23-15-19(13-14-28(23)3)18-7-5-4-6-8-18/h4-16H,1,3H3/q+1. The summed E-state index contributed by atoms with van der Waals surface area (Å²) in [6.07, 6.45) is 2.09. The summed E-state index contributed by atoms with van der Waals surface area (Å²) in [7, 11) is 2.06. The lowest BCUT2D eigenvalue weighted by atomic mass is 9.98. The first-order chi connectivity index (χ1) is 14.2. The fourth-order valence-electron chi connectivity index (χ4n) is 3.94. The minimum Gasteiger partial charge on any atom is -0.455 e. The minimum absolute atomic E-state index is 0.624. The second kappa shape index (κ2) is 6.61. The van der Waals surface area contributed by atoms with E-state index in [0.29, 0.717) is 5.69 Å². The van der Waals surface area contributed by atoms with E-state index in [1.165, 1.54) is 11.1 Å². The minimum atomic E-state index is 0.624. The summed E-state index contributed by atoms with van der Waals surface area (Å²) in [4.78, 5) is 3.57. The van der Waals surface area contributed by atoms with Crippen molar-refractivity contribution in [2.75, 3.05) is 0 Å². The van der Waals surface area contributed by atoms with Gasteiger partial charge < -0.3 is 4.42 Å². The van der Waals surface area contributed by atoms with Crippen LogP contribution in [0.25, 0.3) is 49.2 Å². The molecule has 138 valence electrons. The predicted molar refractivity (Wildman–Crippen MR) is 117 cm³/mol. The number of benzene rings is 3. The predicted octanol–water partition coefficient (Wildman–Crippen LogP) is 6.60. The number of hydrogen-bond acceptors (Lipinski definition) is 1. The van der Waals surface area contributed by atoms with Gasteiger partial charge in [0.05, 0.1) is 12.1 Å². The molecule has 29 heavy (non-hydrogen) atoms. The smallest absolute Gasteiger partial charge is 0.216 e. The highest BCUT2D eigenvalue weighted by atomic mass is 16.3.